The van der Waals surface area contributed by atoms with Crippen molar-refractivity contribution in [3.8, 4) is 0 Å². The molecule has 4 rings (SSSR count). The molecule has 3 aromatic rings. The molecule has 0 bridgehead atoms. The molecule has 1 aliphatic rings. The number of thiazole rings is 1. The average Bonchev–Trinajstić information content (AvgIpc) is 3.19. The summed E-state index contributed by atoms with van der Waals surface area (Å²) in [5, 5.41) is 0.995. The molecule has 0 fully saturated rings. The van der Waals surface area contributed by atoms with Crippen molar-refractivity contribution in [2.45, 2.75) is 19.8 Å². The van der Waals surface area contributed by atoms with Gasteiger partial charge in [0.15, 0.2) is 0 Å². The van der Waals surface area contributed by atoms with Crippen LogP contribution in [-0.2, 0) is 12.8 Å². The van der Waals surface area contributed by atoms with Crippen LogP contribution in [0.15, 0.2) is 54.6 Å². The number of rotatable bonds is 3. The molecule has 0 N–H and O–H groups in total. The largest absolute Gasteiger partial charge is 0.307 e. The van der Waals surface area contributed by atoms with Crippen LogP contribution in [0.2, 0.25) is 0 Å². The summed E-state index contributed by atoms with van der Waals surface area (Å²) in [5.74, 6) is 0.0780. The predicted molar refractivity (Wildman–Crippen MR) is 97.9 cm³/mol. The lowest BCUT2D eigenvalue weighted by atomic mass is 10.2. The number of amides is 1. The van der Waals surface area contributed by atoms with Gasteiger partial charge in [0.2, 0.25) is 0 Å². The minimum absolute atomic E-state index is 0.0780. The van der Waals surface area contributed by atoms with Crippen molar-refractivity contribution >= 4 is 22.9 Å². The molecule has 2 heterocycles. The Balaban J connectivity index is 1.60. The van der Waals surface area contributed by atoms with E-state index in [2.05, 4.69) is 23.2 Å². The summed E-state index contributed by atoms with van der Waals surface area (Å²) in [5.41, 5.74) is 4.34. The fraction of sp³-hybridized carbons (Fsp3) is 0.200. The molecule has 3 nitrogen and oxygen atoms in total. The van der Waals surface area contributed by atoms with Crippen molar-refractivity contribution in [1.29, 1.82) is 0 Å². The topological polar surface area (TPSA) is 33.2 Å². The Morgan fingerprint density at radius 1 is 1.12 bits per heavy atom. The first kappa shape index (κ1) is 15.1. The molecule has 4 heteroatoms. The summed E-state index contributed by atoms with van der Waals surface area (Å²) in [7, 11) is 0. The number of hydrogen-bond acceptors (Lipinski definition) is 3. The Bertz CT molecular complexity index is 886. The summed E-state index contributed by atoms with van der Waals surface area (Å²) in [6.45, 7) is 2.68. The molecule has 0 aliphatic carbocycles. The molecule has 120 valence electrons. The summed E-state index contributed by atoms with van der Waals surface area (Å²) in [6.07, 6.45) is 1.70. The first-order valence-electron chi connectivity index (χ1n) is 8.12. The van der Waals surface area contributed by atoms with E-state index < -0.39 is 0 Å². The zero-order chi connectivity index (χ0) is 16.5. The van der Waals surface area contributed by atoms with E-state index in [1.807, 2.05) is 48.2 Å². The molecule has 1 aliphatic heterocycles. The quantitative estimate of drug-likeness (QED) is 0.717. The van der Waals surface area contributed by atoms with Crippen molar-refractivity contribution in [2.24, 2.45) is 0 Å². The van der Waals surface area contributed by atoms with Crippen LogP contribution in [0.5, 0.6) is 0 Å². The number of anilines is 1. The van der Waals surface area contributed by atoms with Gasteiger partial charge >= 0.3 is 0 Å². The van der Waals surface area contributed by atoms with Crippen LogP contribution >= 0.6 is 11.3 Å². The van der Waals surface area contributed by atoms with Gasteiger partial charge in [-0.2, -0.15) is 0 Å². The third-order valence-electron chi connectivity index (χ3n) is 4.37. The minimum Gasteiger partial charge on any atom is -0.307 e. The highest BCUT2D eigenvalue weighted by Gasteiger charge is 2.27. The SMILES string of the molecule is Cc1nc(Cc2ccccc2)sc1C(=O)N1CCc2ccccc21. The Hall–Kier alpha value is -2.46. The number of hydrogen-bond donors (Lipinski definition) is 0. The number of aryl methyl sites for hydroxylation is 1. The highest BCUT2D eigenvalue weighted by atomic mass is 32.1. The van der Waals surface area contributed by atoms with Crippen molar-refractivity contribution in [3.05, 3.63) is 81.3 Å². The van der Waals surface area contributed by atoms with Gasteiger partial charge in [0, 0.05) is 18.7 Å². The van der Waals surface area contributed by atoms with E-state index in [4.69, 9.17) is 0 Å². The van der Waals surface area contributed by atoms with E-state index in [-0.39, 0.29) is 5.91 Å². The summed E-state index contributed by atoms with van der Waals surface area (Å²) in [6, 6.07) is 18.4. The number of aromatic nitrogens is 1. The fourth-order valence-electron chi connectivity index (χ4n) is 3.17. The van der Waals surface area contributed by atoms with E-state index in [1.165, 1.54) is 22.5 Å². The maximum absolute atomic E-state index is 13.0. The number of carbonyl (C=O) groups is 1. The Labute approximate surface area is 145 Å². The van der Waals surface area contributed by atoms with Crippen LogP contribution in [0.1, 0.15) is 31.5 Å². The normalized spacial score (nSPS) is 13.1. The van der Waals surface area contributed by atoms with Gasteiger partial charge in [0.25, 0.3) is 5.91 Å². The zero-order valence-corrected chi connectivity index (χ0v) is 14.3. The van der Waals surface area contributed by atoms with E-state index in [9.17, 15) is 4.79 Å². The molecule has 2 aromatic carbocycles. The van der Waals surface area contributed by atoms with Gasteiger partial charge in [0.05, 0.1) is 10.7 Å². The van der Waals surface area contributed by atoms with Crippen molar-refractivity contribution in [3.63, 3.8) is 0 Å². The maximum atomic E-state index is 13.0. The van der Waals surface area contributed by atoms with Crippen LogP contribution in [-0.4, -0.2) is 17.4 Å². The van der Waals surface area contributed by atoms with Gasteiger partial charge in [0.1, 0.15) is 4.88 Å². The molecule has 0 atom stereocenters. The Morgan fingerprint density at radius 2 is 1.88 bits per heavy atom. The second kappa shape index (κ2) is 6.21. The molecule has 0 unspecified atom stereocenters. The minimum atomic E-state index is 0.0780. The average molecular weight is 334 g/mol. The Kier molecular flexibility index (Phi) is 3.90. The number of para-hydroxylation sites is 1. The summed E-state index contributed by atoms with van der Waals surface area (Å²) < 4.78 is 0. The number of nitrogens with zero attached hydrogens (tertiary/aromatic N) is 2. The van der Waals surface area contributed by atoms with Gasteiger partial charge < -0.3 is 4.90 Å². The van der Waals surface area contributed by atoms with Gasteiger partial charge in [-0.1, -0.05) is 48.5 Å². The standard InChI is InChI=1S/C20H18N2OS/c1-14-19(24-18(21-14)13-15-7-3-2-4-8-15)20(23)22-12-11-16-9-5-6-10-17(16)22/h2-10H,11-13H2,1H3. The highest BCUT2D eigenvalue weighted by Crippen LogP contribution is 2.31. The molecule has 0 saturated heterocycles. The van der Waals surface area contributed by atoms with Crippen LogP contribution in [0, 0.1) is 6.92 Å². The lowest BCUT2D eigenvalue weighted by Gasteiger charge is -2.16. The van der Waals surface area contributed by atoms with Crippen molar-refractivity contribution < 1.29 is 4.79 Å². The van der Waals surface area contributed by atoms with Crippen molar-refractivity contribution in [1.82, 2.24) is 4.98 Å². The highest BCUT2D eigenvalue weighted by molar-refractivity contribution is 7.14. The monoisotopic (exact) mass is 334 g/mol. The molecule has 0 spiro atoms. The number of carbonyl (C=O) groups excluding carboxylic acids is 1. The second-order valence-corrected chi connectivity index (χ2v) is 7.10. The van der Waals surface area contributed by atoms with Crippen LogP contribution < -0.4 is 4.90 Å². The Morgan fingerprint density at radius 3 is 2.71 bits per heavy atom. The lowest BCUT2D eigenvalue weighted by molar-refractivity contribution is 0.0992. The molecule has 1 amide bonds. The zero-order valence-electron chi connectivity index (χ0n) is 13.5. The maximum Gasteiger partial charge on any atom is 0.270 e. The third kappa shape index (κ3) is 2.74. The molecule has 0 radical (unpaired) electrons. The van der Waals surface area contributed by atoms with E-state index >= 15 is 0 Å². The summed E-state index contributed by atoms with van der Waals surface area (Å²) >= 11 is 1.52. The number of fused-ring (bicyclic) bond motifs is 1. The molecular formula is C20H18N2OS. The van der Waals surface area contributed by atoms with Gasteiger partial charge in [-0.05, 0) is 30.5 Å². The van der Waals surface area contributed by atoms with Crippen LogP contribution in [0.25, 0.3) is 0 Å². The first-order chi connectivity index (χ1) is 11.7. The molecule has 0 saturated carbocycles. The van der Waals surface area contributed by atoms with Crippen LogP contribution in [0.3, 0.4) is 0 Å². The second-order valence-electron chi connectivity index (χ2n) is 6.02. The van der Waals surface area contributed by atoms with Gasteiger partial charge in [-0.3, -0.25) is 4.79 Å². The van der Waals surface area contributed by atoms with Gasteiger partial charge in [-0.15, -0.1) is 11.3 Å². The predicted octanol–water partition coefficient (Wildman–Crippen LogP) is 4.25. The smallest absolute Gasteiger partial charge is 0.270 e. The van der Waals surface area contributed by atoms with Crippen molar-refractivity contribution in [2.75, 3.05) is 11.4 Å². The fourth-order valence-corrected chi connectivity index (χ4v) is 4.22. The molecular weight excluding hydrogens is 316 g/mol. The van der Waals surface area contributed by atoms with E-state index in [0.717, 1.165) is 40.7 Å². The molecule has 24 heavy (non-hydrogen) atoms. The first-order valence-corrected chi connectivity index (χ1v) is 8.94. The van der Waals surface area contributed by atoms with Crippen LogP contribution in [0.4, 0.5) is 5.69 Å². The van der Waals surface area contributed by atoms with E-state index in [1.54, 1.807) is 0 Å². The third-order valence-corrected chi connectivity index (χ3v) is 5.51. The summed E-state index contributed by atoms with van der Waals surface area (Å²) in [4.78, 5) is 20.3. The lowest BCUT2D eigenvalue weighted by Crippen LogP contribution is -2.28. The van der Waals surface area contributed by atoms with E-state index in [0.29, 0.717) is 0 Å². The number of benzene rings is 2. The van der Waals surface area contributed by atoms with Gasteiger partial charge in [-0.25, -0.2) is 4.98 Å². The molecule has 1 aromatic heterocycles.